The third-order valence-corrected chi connectivity index (χ3v) is 3.70. The number of carbonyl (C=O) groups excluding carboxylic acids is 2. The zero-order chi connectivity index (χ0) is 16.7. The van der Waals surface area contributed by atoms with Crippen LogP contribution in [0.25, 0.3) is 0 Å². The molecule has 2 aromatic rings. The van der Waals surface area contributed by atoms with Crippen LogP contribution in [0, 0.1) is 6.92 Å². The van der Waals surface area contributed by atoms with Crippen molar-refractivity contribution in [3.05, 3.63) is 69.7 Å². The zero-order valence-corrected chi connectivity index (χ0v) is 14.1. The molecule has 0 spiro atoms. The molecule has 0 aliphatic heterocycles. The van der Waals surface area contributed by atoms with Crippen molar-refractivity contribution in [1.29, 1.82) is 0 Å². The predicted octanol–water partition coefficient (Wildman–Crippen LogP) is 2.64. The van der Waals surface area contributed by atoms with E-state index < -0.39 is 5.91 Å². The maximum atomic E-state index is 11.9. The van der Waals surface area contributed by atoms with E-state index in [-0.39, 0.29) is 12.5 Å². The smallest absolute Gasteiger partial charge is 0.259 e. The summed E-state index contributed by atoms with van der Waals surface area (Å²) in [6.07, 6.45) is 1.55. The maximum Gasteiger partial charge on any atom is 0.259 e. The molecule has 2 amide bonds. The summed E-state index contributed by atoms with van der Waals surface area (Å²) in [6, 6.07) is 14.7. The lowest BCUT2D eigenvalue weighted by Gasteiger charge is -2.05. The Kier molecular flexibility index (Phi) is 6.05. The average Bonchev–Trinajstić information content (AvgIpc) is 2.55. The Bertz CT molecular complexity index is 727. The summed E-state index contributed by atoms with van der Waals surface area (Å²) in [4.78, 5) is 23.6. The molecule has 0 saturated heterocycles. The van der Waals surface area contributed by atoms with E-state index >= 15 is 0 Å². The highest BCUT2D eigenvalue weighted by Crippen LogP contribution is 2.15. The minimum absolute atomic E-state index is 0.147. The van der Waals surface area contributed by atoms with Crippen molar-refractivity contribution < 1.29 is 9.59 Å². The minimum Gasteiger partial charge on any atom is -0.343 e. The fourth-order valence-corrected chi connectivity index (χ4v) is 2.24. The molecule has 2 N–H and O–H groups in total. The molecule has 0 radical (unpaired) electrons. The number of hydrogen-bond acceptors (Lipinski definition) is 3. The minimum atomic E-state index is -0.395. The number of nitrogens with zero attached hydrogens (tertiary/aromatic N) is 1. The van der Waals surface area contributed by atoms with Crippen LogP contribution in [0.2, 0.25) is 0 Å². The predicted molar refractivity (Wildman–Crippen MR) is 93.4 cm³/mol. The number of carbonyl (C=O) groups is 2. The van der Waals surface area contributed by atoms with Gasteiger partial charge in [-0.05, 0) is 40.5 Å². The molecular formula is C17H16BrN3O2. The van der Waals surface area contributed by atoms with Crippen LogP contribution in [0.15, 0.2) is 58.1 Å². The summed E-state index contributed by atoms with van der Waals surface area (Å²) in [7, 11) is 0. The molecule has 0 aliphatic rings. The van der Waals surface area contributed by atoms with Crippen molar-refractivity contribution in [2.24, 2.45) is 5.10 Å². The molecule has 0 saturated carbocycles. The molecule has 2 aromatic carbocycles. The molecule has 0 heterocycles. The molecule has 0 aromatic heterocycles. The second-order valence-electron chi connectivity index (χ2n) is 4.87. The Morgan fingerprint density at radius 1 is 1.13 bits per heavy atom. The summed E-state index contributed by atoms with van der Waals surface area (Å²) in [6.45, 7) is 1.85. The van der Waals surface area contributed by atoms with Crippen LogP contribution < -0.4 is 10.7 Å². The summed E-state index contributed by atoms with van der Waals surface area (Å²) in [5, 5.41) is 6.40. The second-order valence-corrected chi connectivity index (χ2v) is 5.72. The number of amides is 2. The SMILES string of the molecule is Cc1ccc(C=NNC(=O)CNC(=O)c2ccccc2Br)cc1. The van der Waals surface area contributed by atoms with Gasteiger partial charge in [0, 0.05) is 4.47 Å². The third kappa shape index (κ3) is 5.34. The van der Waals surface area contributed by atoms with E-state index in [1.807, 2.05) is 37.3 Å². The molecule has 23 heavy (non-hydrogen) atoms. The summed E-state index contributed by atoms with van der Waals surface area (Å²) in [5.74, 6) is -0.719. The van der Waals surface area contributed by atoms with Crippen LogP contribution in [-0.2, 0) is 4.79 Å². The van der Waals surface area contributed by atoms with Crippen molar-refractivity contribution in [3.63, 3.8) is 0 Å². The lowest BCUT2D eigenvalue weighted by atomic mass is 10.2. The maximum absolute atomic E-state index is 11.9. The molecule has 5 nitrogen and oxygen atoms in total. The third-order valence-electron chi connectivity index (χ3n) is 3.01. The number of rotatable bonds is 5. The van der Waals surface area contributed by atoms with Gasteiger partial charge in [-0.1, -0.05) is 42.0 Å². The highest BCUT2D eigenvalue weighted by Gasteiger charge is 2.10. The Morgan fingerprint density at radius 3 is 2.52 bits per heavy atom. The zero-order valence-electron chi connectivity index (χ0n) is 12.5. The number of halogens is 1. The average molecular weight is 374 g/mol. The van der Waals surface area contributed by atoms with Gasteiger partial charge in [0.1, 0.15) is 0 Å². The van der Waals surface area contributed by atoms with Gasteiger partial charge in [-0.2, -0.15) is 5.10 Å². The van der Waals surface area contributed by atoms with Crippen LogP contribution in [0.4, 0.5) is 0 Å². The number of benzene rings is 2. The van der Waals surface area contributed by atoms with Crippen LogP contribution >= 0.6 is 15.9 Å². The van der Waals surface area contributed by atoms with Crippen molar-refractivity contribution in [2.75, 3.05) is 6.54 Å². The number of aryl methyl sites for hydroxylation is 1. The van der Waals surface area contributed by atoms with E-state index in [9.17, 15) is 9.59 Å². The van der Waals surface area contributed by atoms with Crippen LogP contribution in [0.3, 0.4) is 0 Å². The normalized spacial score (nSPS) is 10.5. The topological polar surface area (TPSA) is 70.6 Å². The number of hydrazone groups is 1. The van der Waals surface area contributed by atoms with E-state index in [0.717, 1.165) is 11.1 Å². The van der Waals surface area contributed by atoms with E-state index in [4.69, 9.17) is 0 Å². The fraction of sp³-hybridized carbons (Fsp3) is 0.118. The molecule has 0 fully saturated rings. The van der Waals surface area contributed by atoms with Gasteiger partial charge in [0.25, 0.3) is 11.8 Å². The second kappa shape index (κ2) is 8.24. The highest BCUT2D eigenvalue weighted by molar-refractivity contribution is 9.10. The van der Waals surface area contributed by atoms with Crippen molar-refractivity contribution in [1.82, 2.24) is 10.7 Å². The van der Waals surface area contributed by atoms with E-state index in [1.54, 1.807) is 24.4 Å². The molecule has 6 heteroatoms. The van der Waals surface area contributed by atoms with E-state index in [2.05, 4.69) is 31.8 Å². The van der Waals surface area contributed by atoms with Gasteiger partial charge in [0.05, 0.1) is 18.3 Å². The lowest BCUT2D eigenvalue weighted by Crippen LogP contribution is -2.35. The van der Waals surface area contributed by atoms with Crippen LogP contribution in [0.5, 0.6) is 0 Å². The monoisotopic (exact) mass is 373 g/mol. The van der Waals surface area contributed by atoms with Crippen molar-refractivity contribution >= 4 is 34.0 Å². The first-order valence-electron chi connectivity index (χ1n) is 6.97. The Labute approximate surface area is 142 Å². The van der Waals surface area contributed by atoms with E-state index in [0.29, 0.717) is 10.0 Å². The van der Waals surface area contributed by atoms with Gasteiger partial charge in [0.15, 0.2) is 0 Å². The molecule has 0 bridgehead atoms. The molecule has 0 aliphatic carbocycles. The summed E-state index contributed by atoms with van der Waals surface area (Å²) >= 11 is 3.29. The molecule has 0 unspecified atom stereocenters. The molecule has 118 valence electrons. The Hall–Kier alpha value is -2.47. The number of hydrogen-bond donors (Lipinski definition) is 2. The Balaban J connectivity index is 1.80. The summed E-state index contributed by atoms with van der Waals surface area (Å²) < 4.78 is 0.676. The first kappa shape index (κ1) is 16.9. The molecule has 0 atom stereocenters. The molecular weight excluding hydrogens is 358 g/mol. The van der Waals surface area contributed by atoms with Gasteiger partial charge in [-0.15, -0.1) is 0 Å². The van der Waals surface area contributed by atoms with Crippen molar-refractivity contribution in [3.8, 4) is 0 Å². The molecule has 2 rings (SSSR count). The van der Waals surface area contributed by atoms with Crippen molar-refractivity contribution in [2.45, 2.75) is 6.92 Å². The fourth-order valence-electron chi connectivity index (χ4n) is 1.77. The first-order chi connectivity index (χ1) is 11.1. The quantitative estimate of drug-likeness (QED) is 0.624. The summed E-state index contributed by atoms with van der Waals surface area (Å²) in [5.41, 5.74) is 4.88. The standard InChI is InChI=1S/C17H16BrN3O2/c1-12-6-8-13(9-7-12)10-20-21-16(22)11-19-17(23)14-4-2-3-5-15(14)18/h2-10H,11H2,1H3,(H,19,23)(H,21,22). The van der Waals surface area contributed by atoms with E-state index in [1.165, 1.54) is 0 Å². The Morgan fingerprint density at radius 2 is 1.83 bits per heavy atom. The largest absolute Gasteiger partial charge is 0.343 e. The van der Waals surface area contributed by atoms with Gasteiger partial charge >= 0.3 is 0 Å². The van der Waals surface area contributed by atoms with Gasteiger partial charge in [-0.25, -0.2) is 5.43 Å². The van der Waals surface area contributed by atoms with Gasteiger partial charge in [0.2, 0.25) is 0 Å². The number of nitrogens with one attached hydrogen (secondary N) is 2. The van der Waals surface area contributed by atoms with Gasteiger partial charge < -0.3 is 5.32 Å². The van der Waals surface area contributed by atoms with Crippen LogP contribution in [-0.4, -0.2) is 24.6 Å². The highest BCUT2D eigenvalue weighted by atomic mass is 79.9. The lowest BCUT2D eigenvalue weighted by molar-refractivity contribution is -0.120. The van der Waals surface area contributed by atoms with Gasteiger partial charge in [-0.3, -0.25) is 9.59 Å². The first-order valence-corrected chi connectivity index (χ1v) is 7.77. The van der Waals surface area contributed by atoms with Crippen LogP contribution in [0.1, 0.15) is 21.5 Å².